The van der Waals surface area contributed by atoms with Crippen LogP contribution in [0.25, 0.3) is 0 Å². The standard InChI is InChI=1S/C12H17F3N2O3S/c13-12(14,15)9-20-8-7-17-21(18,19)11-3-1-10(2-4-11)5-6-16/h1-4,17H,5-9,16H2. The molecule has 0 fully saturated rings. The van der Waals surface area contributed by atoms with Crippen molar-refractivity contribution in [1.82, 2.24) is 4.72 Å². The highest BCUT2D eigenvalue weighted by molar-refractivity contribution is 7.89. The topological polar surface area (TPSA) is 81.4 Å². The van der Waals surface area contributed by atoms with E-state index in [4.69, 9.17) is 5.73 Å². The van der Waals surface area contributed by atoms with Crippen molar-refractivity contribution in [2.24, 2.45) is 5.73 Å². The third-order valence-electron chi connectivity index (χ3n) is 2.47. The highest BCUT2D eigenvalue weighted by Gasteiger charge is 2.27. The number of alkyl halides is 3. The first-order valence-corrected chi connectivity index (χ1v) is 7.66. The van der Waals surface area contributed by atoms with Crippen LogP contribution in [-0.2, 0) is 21.2 Å². The van der Waals surface area contributed by atoms with E-state index in [0.29, 0.717) is 13.0 Å². The SMILES string of the molecule is NCCc1ccc(S(=O)(=O)NCCOCC(F)(F)F)cc1. The van der Waals surface area contributed by atoms with Crippen LogP contribution in [0.5, 0.6) is 0 Å². The summed E-state index contributed by atoms with van der Waals surface area (Å²) in [6.45, 7) is -1.53. The van der Waals surface area contributed by atoms with E-state index in [1.165, 1.54) is 12.1 Å². The van der Waals surface area contributed by atoms with E-state index < -0.39 is 22.8 Å². The summed E-state index contributed by atoms with van der Waals surface area (Å²) in [4.78, 5) is 0.0408. The Kier molecular flexibility index (Phi) is 6.59. The Bertz CT molecular complexity index is 530. The third kappa shape index (κ3) is 6.89. The minimum absolute atomic E-state index is 0.0408. The van der Waals surface area contributed by atoms with E-state index >= 15 is 0 Å². The van der Waals surface area contributed by atoms with Gasteiger partial charge in [-0.05, 0) is 30.7 Å². The van der Waals surface area contributed by atoms with Crippen LogP contribution in [0.4, 0.5) is 13.2 Å². The number of nitrogens with one attached hydrogen (secondary N) is 1. The van der Waals surface area contributed by atoms with Gasteiger partial charge in [0.2, 0.25) is 10.0 Å². The highest BCUT2D eigenvalue weighted by atomic mass is 32.2. The number of ether oxygens (including phenoxy) is 1. The molecule has 0 aromatic heterocycles. The number of benzene rings is 1. The van der Waals surface area contributed by atoms with Crippen molar-refractivity contribution in [1.29, 1.82) is 0 Å². The zero-order valence-electron chi connectivity index (χ0n) is 11.2. The molecule has 0 unspecified atom stereocenters. The van der Waals surface area contributed by atoms with Gasteiger partial charge in [0.05, 0.1) is 11.5 Å². The Morgan fingerprint density at radius 1 is 1.19 bits per heavy atom. The highest BCUT2D eigenvalue weighted by Crippen LogP contribution is 2.14. The van der Waals surface area contributed by atoms with E-state index in [1.54, 1.807) is 12.1 Å². The number of nitrogens with two attached hydrogens (primary N) is 1. The maximum absolute atomic E-state index is 11.8. The maximum Gasteiger partial charge on any atom is 0.411 e. The smallest absolute Gasteiger partial charge is 0.371 e. The minimum atomic E-state index is -4.42. The molecule has 0 saturated carbocycles. The van der Waals surface area contributed by atoms with Gasteiger partial charge in [0.15, 0.2) is 0 Å². The molecule has 1 aromatic rings. The Hall–Kier alpha value is -1.16. The molecule has 0 radical (unpaired) electrons. The van der Waals surface area contributed by atoms with Crippen molar-refractivity contribution < 1.29 is 26.3 Å². The van der Waals surface area contributed by atoms with Gasteiger partial charge in [0, 0.05) is 6.54 Å². The first kappa shape index (κ1) is 17.9. The maximum atomic E-state index is 11.8. The van der Waals surface area contributed by atoms with E-state index in [1.807, 2.05) is 0 Å². The second-order valence-electron chi connectivity index (χ2n) is 4.25. The summed E-state index contributed by atoms with van der Waals surface area (Å²) in [7, 11) is -3.75. The Balaban J connectivity index is 2.46. The number of halogens is 3. The molecule has 0 saturated heterocycles. The molecular formula is C12H17F3N2O3S. The number of sulfonamides is 1. The molecule has 9 heteroatoms. The number of hydrogen-bond donors (Lipinski definition) is 2. The molecule has 21 heavy (non-hydrogen) atoms. The summed E-state index contributed by atoms with van der Waals surface area (Å²) in [6.07, 6.45) is -3.78. The first-order chi connectivity index (χ1) is 9.74. The second-order valence-corrected chi connectivity index (χ2v) is 6.02. The van der Waals surface area contributed by atoms with Crippen LogP contribution in [0.2, 0.25) is 0 Å². The molecule has 0 amide bonds. The molecule has 1 aromatic carbocycles. The fourth-order valence-electron chi connectivity index (χ4n) is 1.52. The van der Waals surface area contributed by atoms with Gasteiger partial charge in [-0.25, -0.2) is 13.1 Å². The second kappa shape index (κ2) is 7.74. The summed E-state index contributed by atoms with van der Waals surface area (Å²) in [5.41, 5.74) is 6.29. The average Bonchev–Trinajstić information content (AvgIpc) is 2.38. The molecule has 0 bridgehead atoms. The molecule has 0 atom stereocenters. The van der Waals surface area contributed by atoms with Crippen LogP contribution >= 0.6 is 0 Å². The third-order valence-corrected chi connectivity index (χ3v) is 3.95. The summed E-state index contributed by atoms with van der Waals surface area (Å²) < 4.78 is 65.6. The lowest BCUT2D eigenvalue weighted by molar-refractivity contribution is -0.173. The van der Waals surface area contributed by atoms with Gasteiger partial charge in [-0.1, -0.05) is 12.1 Å². The molecule has 0 heterocycles. The van der Waals surface area contributed by atoms with Gasteiger partial charge in [-0.3, -0.25) is 0 Å². The van der Waals surface area contributed by atoms with E-state index in [-0.39, 0.29) is 18.0 Å². The van der Waals surface area contributed by atoms with Gasteiger partial charge in [-0.2, -0.15) is 13.2 Å². The van der Waals surface area contributed by atoms with Crippen molar-refractivity contribution in [3.8, 4) is 0 Å². The van der Waals surface area contributed by atoms with Crippen LogP contribution < -0.4 is 10.5 Å². The van der Waals surface area contributed by atoms with Gasteiger partial charge in [-0.15, -0.1) is 0 Å². The molecule has 3 N–H and O–H groups in total. The van der Waals surface area contributed by atoms with Gasteiger partial charge < -0.3 is 10.5 Å². The van der Waals surface area contributed by atoms with Gasteiger partial charge in [0.1, 0.15) is 6.61 Å². The fourth-order valence-corrected chi connectivity index (χ4v) is 2.53. The summed E-state index contributed by atoms with van der Waals surface area (Å²) in [6, 6.07) is 6.12. The predicted molar refractivity (Wildman–Crippen MR) is 71.3 cm³/mol. The van der Waals surface area contributed by atoms with Crippen molar-refractivity contribution in [3.63, 3.8) is 0 Å². The number of rotatable bonds is 8. The van der Waals surface area contributed by atoms with Crippen molar-refractivity contribution >= 4 is 10.0 Å². The largest absolute Gasteiger partial charge is 0.411 e. The normalized spacial score (nSPS) is 12.6. The molecule has 5 nitrogen and oxygen atoms in total. The van der Waals surface area contributed by atoms with Gasteiger partial charge >= 0.3 is 6.18 Å². The van der Waals surface area contributed by atoms with Gasteiger partial charge in [0.25, 0.3) is 0 Å². The van der Waals surface area contributed by atoms with Crippen LogP contribution in [-0.4, -0.2) is 40.9 Å². The minimum Gasteiger partial charge on any atom is -0.371 e. The molecule has 0 aliphatic heterocycles. The van der Waals surface area contributed by atoms with E-state index in [0.717, 1.165) is 5.56 Å². The zero-order valence-corrected chi connectivity index (χ0v) is 12.0. The lowest BCUT2D eigenvalue weighted by atomic mass is 10.2. The zero-order chi connectivity index (χ0) is 15.9. The predicted octanol–water partition coefficient (Wildman–Crippen LogP) is 1.04. The molecular weight excluding hydrogens is 309 g/mol. The lowest BCUT2D eigenvalue weighted by Crippen LogP contribution is -2.29. The van der Waals surface area contributed by atoms with Crippen LogP contribution in [0, 0.1) is 0 Å². The fraction of sp³-hybridized carbons (Fsp3) is 0.500. The number of hydrogen-bond acceptors (Lipinski definition) is 4. The molecule has 0 aliphatic carbocycles. The summed E-state index contributed by atoms with van der Waals surface area (Å²) in [5, 5.41) is 0. The quantitative estimate of drug-likeness (QED) is 0.700. The van der Waals surface area contributed by atoms with E-state index in [9.17, 15) is 21.6 Å². The van der Waals surface area contributed by atoms with Crippen molar-refractivity contribution in [3.05, 3.63) is 29.8 Å². The molecule has 0 spiro atoms. The van der Waals surface area contributed by atoms with Crippen molar-refractivity contribution in [2.75, 3.05) is 26.3 Å². The van der Waals surface area contributed by atoms with E-state index in [2.05, 4.69) is 9.46 Å². The molecule has 1 rings (SSSR count). The van der Waals surface area contributed by atoms with Crippen LogP contribution in [0.15, 0.2) is 29.2 Å². The monoisotopic (exact) mass is 326 g/mol. The molecule has 120 valence electrons. The van der Waals surface area contributed by atoms with Crippen molar-refractivity contribution in [2.45, 2.75) is 17.5 Å². The van der Waals surface area contributed by atoms with Crippen LogP contribution in [0.1, 0.15) is 5.56 Å². The first-order valence-electron chi connectivity index (χ1n) is 6.18. The Labute approximate surface area is 121 Å². The summed E-state index contributed by atoms with van der Waals surface area (Å²) >= 11 is 0. The Morgan fingerprint density at radius 2 is 1.81 bits per heavy atom. The lowest BCUT2D eigenvalue weighted by Gasteiger charge is -2.09. The summed E-state index contributed by atoms with van der Waals surface area (Å²) in [5.74, 6) is 0. The molecule has 0 aliphatic rings. The Morgan fingerprint density at radius 3 is 2.33 bits per heavy atom. The van der Waals surface area contributed by atoms with Crippen LogP contribution in [0.3, 0.4) is 0 Å². The average molecular weight is 326 g/mol.